The van der Waals surface area contributed by atoms with Crippen molar-refractivity contribution in [1.29, 1.82) is 0 Å². The van der Waals surface area contributed by atoms with E-state index in [1.807, 2.05) is 0 Å². The minimum absolute atomic E-state index is 0.0494. The van der Waals surface area contributed by atoms with Crippen LogP contribution in [0.3, 0.4) is 0 Å². The molecule has 102 valence electrons. The normalized spacial score (nSPS) is 14.5. The molecule has 0 saturated carbocycles. The van der Waals surface area contributed by atoms with Crippen LogP contribution < -0.4 is 0 Å². The number of carbonyl (C=O) groups is 1. The lowest BCUT2D eigenvalue weighted by atomic mass is 10.1. The predicted octanol–water partition coefficient (Wildman–Crippen LogP) is 4.82. The smallest absolute Gasteiger partial charge is 0.304 e. The van der Waals surface area contributed by atoms with Crippen molar-refractivity contribution in [3.05, 3.63) is 0 Å². The van der Waals surface area contributed by atoms with E-state index in [-0.39, 0.29) is 11.8 Å². The summed E-state index contributed by atoms with van der Waals surface area (Å²) in [5.74, 6) is -0.879. The lowest BCUT2D eigenvalue weighted by Crippen LogP contribution is -2.18. The van der Waals surface area contributed by atoms with E-state index < -0.39 is 11.3 Å². The number of unbranched alkanes of at least 4 members (excludes halogenated alkanes) is 6. The maximum Gasteiger partial charge on any atom is 0.304 e. The van der Waals surface area contributed by atoms with Crippen molar-refractivity contribution < 1.29 is 9.90 Å². The molecule has 0 saturated heterocycles. The molecule has 0 fully saturated rings. The van der Waals surface area contributed by atoms with Gasteiger partial charge in [0.2, 0.25) is 0 Å². The van der Waals surface area contributed by atoms with Gasteiger partial charge in [0, 0.05) is 0 Å². The van der Waals surface area contributed by atoms with Gasteiger partial charge in [-0.1, -0.05) is 51.9 Å². The van der Waals surface area contributed by atoms with E-state index in [1.54, 1.807) is 0 Å². The minimum atomic E-state index is -0.879. The lowest BCUT2D eigenvalue weighted by molar-refractivity contribution is -0.137. The summed E-state index contributed by atoms with van der Waals surface area (Å²) in [5, 5.41) is 7.91. The number of halogens is 2. The molecule has 2 unspecified atom stereocenters. The van der Waals surface area contributed by atoms with E-state index in [0.717, 1.165) is 12.8 Å². The molecule has 0 aliphatic heterocycles. The molecule has 17 heavy (non-hydrogen) atoms. The Labute approximate surface area is 115 Å². The van der Waals surface area contributed by atoms with Gasteiger partial charge in [-0.2, -0.15) is 0 Å². The molecule has 0 aromatic carbocycles. The van der Waals surface area contributed by atoms with Gasteiger partial charge in [-0.3, -0.25) is 4.79 Å². The minimum Gasteiger partial charge on any atom is -0.481 e. The van der Waals surface area contributed by atoms with Crippen molar-refractivity contribution in [2.24, 2.45) is 0 Å². The molecule has 0 aliphatic carbocycles. The number of hydrogen-bond acceptors (Lipinski definition) is 1. The van der Waals surface area contributed by atoms with Gasteiger partial charge in [-0.15, -0.1) is 23.2 Å². The van der Waals surface area contributed by atoms with Crippen molar-refractivity contribution in [2.75, 3.05) is 0 Å². The molecule has 0 heterocycles. The fourth-order valence-electron chi connectivity index (χ4n) is 1.77. The summed E-state index contributed by atoms with van der Waals surface area (Å²) in [7, 11) is 0. The molecule has 1 N–H and O–H groups in total. The van der Waals surface area contributed by atoms with E-state index in [4.69, 9.17) is 28.3 Å². The van der Waals surface area contributed by atoms with Gasteiger partial charge >= 0.3 is 5.97 Å². The Kier molecular flexibility index (Phi) is 11.2. The van der Waals surface area contributed by atoms with Crippen molar-refractivity contribution in [3.8, 4) is 0 Å². The Morgan fingerprint density at radius 2 is 1.53 bits per heavy atom. The first kappa shape index (κ1) is 17.1. The summed E-state index contributed by atoms with van der Waals surface area (Å²) in [4.78, 5) is 10.4. The largest absolute Gasteiger partial charge is 0.481 e. The second kappa shape index (κ2) is 11.2. The highest BCUT2D eigenvalue weighted by molar-refractivity contribution is 6.30. The highest BCUT2D eigenvalue weighted by Gasteiger charge is 2.19. The maximum absolute atomic E-state index is 10.4. The van der Waals surface area contributed by atoms with Crippen LogP contribution in [-0.4, -0.2) is 21.8 Å². The zero-order chi connectivity index (χ0) is 13.1. The summed E-state index contributed by atoms with van der Waals surface area (Å²) in [5.41, 5.74) is 0. The topological polar surface area (TPSA) is 37.3 Å². The van der Waals surface area contributed by atoms with Crippen LogP contribution in [0.5, 0.6) is 0 Å². The second-order valence-corrected chi connectivity index (χ2v) is 5.66. The molecule has 2 nitrogen and oxygen atoms in total. The van der Waals surface area contributed by atoms with Gasteiger partial charge in [-0.25, -0.2) is 0 Å². The fraction of sp³-hybridized carbons (Fsp3) is 0.923. The maximum atomic E-state index is 10.4. The van der Waals surface area contributed by atoms with Gasteiger partial charge in [-0.05, 0) is 6.42 Å². The first-order valence-electron chi connectivity index (χ1n) is 6.57. The SMILES string of the molecule is CCCCCCCCCC(Cl)C(Cl)CC(=O)O. The third kappa shape index (κ3) is 10.9. The highest BCUT2D eigenvalue weighted by atomic mass is 35.5. The number of rotatable bonds is 11. The zero-order valence-corrected chi connectivity index (χ0v) is 12.1. The molecule has 0 spiro atoms. The predicted molar refractivity (Wildman–Crippen MR) is 74.1 cm³/mol. The summed E-state index contributed by atoms with van der Waals surface area (Å²) in [6, 6.07) is 0. The molecule has 0 aromatic heterocycles. The monoisotopic (exact) mass is 282 g/mol. The van der Waals surface area contributed by atoms with E-state index in [9.17, 15) is 4.79 Å². The fourth-order valence-corrected chi connectivity index (χ4v) is 2.27. The third-order valence-electron chi connectivity index (χ3n) is 2.85. The zero-order valence-electron chi connectivity index (χ0n) is 10.6. The molecule has 0 aliphatic rings. The summed E-state index contributed by atoms with van der Waals surface area (Å²) in [6.07, 6.45) is 9.43. The summed E-state index contributed by atoms with van der Waals surface area (Å²) in [6.45, 7) is 2.21. The van der Waals surface area contributed by atoms with E-state index in [1.165, 1.54) is 38.5 Å². The molecular weight excluding hydrogens is 259 g/mol. The molecule has 2 atom stereocenters. The molecular formula is C13H24Cl2O2. The molecule has 0 radical (unpaired) electrons. The van der Waals surface area contributed by atoms with E-state index in [2.05, 4.69) is 6.92 Å². The van der Waals surface area contributed by atoms with Crippen LogP contribution in [0.2, 0.25) is 0 Å². The van der Waals surface area contributed by atoms with E-state index in [0.29, 0.717) is 0 Å². The second-order valence-electron chi connectivity index (χ2n) is 4.54. The van der Waals surface area contributed by atoms with Crippen LogP contribution in [0.15, 0.2) is 0 Å². The standard InChI is InChI=1S/C13H24Cl2O2/c1-2-3-4-5-6-7-8-9-11(14)12(15)10-13(16)17/h11-12H,2-10H2,1H3,(H,16,17). The van der Waals surface area contributed by atoms with Gasteiger partial charge in [0.05, 0.1) is 17.2 Å². The average Bonchev–Trinajstić information content (AvgIpc) is 2.26. The Bertz CT molecular complexity index is 198. The first-order chi connectivity index (χ1) is 8.07. The van der Waals surface area contributed by atoms with Crippen molar-refractivity contribution in [1.82, 2.24) is 0 Å². The quantitative estimate of drug-likeness (QED) is 0.436. The van der Waals surface area contributed by atoms with Gasteiger partial charge in [0.15, 0.2) is 0 Å². The van der Waals surface area contributed by atoms with Crippen molar-refractivity contribution in [2.45, 2.75) is 75.5 Å². The first-order valence-corrected chi connectivity index (χ1v) is 7.45. The molecule has 0 bridgehead atoms. The summed E-state index contributed by atoms with van der Waals surface area (Å²) < 4.78 is 0. The van der Waals surface area contributed by atoms with Crippen LogP contribution in [-0.2, 0) is 4.79 Å². The Hall–Kier alpha value is 0.0500. The number of carboxylic acid groups (broad SMARTS) is 1. The molecule has 0 amide bonds. The van der Waals surface area contributed by atoms with Crippen LogP contribution in [0.1, 0.15) is 64.7 Å². The van der Waals surface area contributed by atoms with Crippen LogP contribution in [0.25, 0.3) is 0 Å². The lowest BCUT2D eigenvalue weighted by Gasteiger charge is -2.13. The van der Waals surface area contributed by atoms with Crippen LogP contribution in [0.4, 0.5) is 0 Å². The average molecular weight is 283 g/mol. The Morgan fingerprint density at radius 1 is 1.00 bits per heavy atom. The highest BCUT2D eigenvalue weighted by Crippen LogP contribution is 2.20. The van der Waals surface area contributed by atoms with Gasteiger partial charge < -0.3 is 5.11 Å². The number of hydrogen-bond donors (Lipinski definition) is 1. The van der Waals surface area contributed by atoms with Gasteiger partial charge in [0.25, 0.3) is 0 Å². The van der Waals surface area contributed by atoms with Gasteiger partial charge in [0.1, 0.15) is 0 Å². The van der Waals surface area contributed by atoms with Crippen molar-refractivity contribution >= 4 is 29.2 Å². The molecule has 0 aromatic rings. The number of carboxylic acids is 1. The van der Waals surface area contributed by atoms with Crippen molar-refractivity contribution in [3.63, 3.8) is 0 Å². The Balaban J connectivity index is 3.38. The van der Waals surface area contributed by atoms with Crippen LogP contribution >= 0.6 is 23.2 Å². The number of alkyl halides is 2. The molecule has 0 rings (SSSR count). The Morgan fingerprint density at radius 3 is 2.06 bits per heavy atom. The molecule has 4 heteroatoms. The van der Waals surface area contributed by atoms with E-state index >= 15 is 0 Å². The third-order valence-corrected chi connectivity index (χ3v) is 3.96. The number of aliphatic carboxylic acids is 1. The summed E-state index contributed by atoms with van der Waals surface area (Å²) >= 11 is 11.9. The van der Waals surface area contributed by atoms with Crippen LogP contribution in [0, 0.1) is 0 Å².